The fraction of sp³-hybridized carbons (Fsp3) is 0.471. The van der Waals surface area contributed by atoms with E-state index in [9.17, 15) is 14.4 Å². The number of likely N-dealkylation sites (N-methyl/N-ethyl adjacent to an activating group) is 1. The molecule has 5 fully saturated rings. The van der Waals surface area contributed by atoms with Crippen LogP contribution in [0.4, 0.5) is 11.4 Å². The number of imide groups is 1. The molecule has 2 N–H and O–H groups in total. The first-order valence-electron chi connectivity index (χ1n) is 15.9. The van der Waals surface area contributed by atoms with E-state index in [1.54, 1.807) is 13.2 Å². The number of nitrogens with one attached hydrogen (secondary N) is 2. The van der Waals surface area contributed by atoms with Gasteiger partial charge in [0.1, 0.15) is 4.47 Å². The van der Waals surface area contributed by atoms with E-state index in [0.29, 0.717) is 35.3 Å². The molecule has 5 atom stereocenters. The lowest BCUT2D eigenvalue weighted by Crippen LogP contribution is -2.68. The van der Waals surface area contributed by atoms with E-state index in [2.05, 4.69) is 89.8 Å². The van der Waals surface area contributed by atoms with Crippen molar-refractivity contribution in [3.8, 4) is 0 Å². The van der Waals surface area contributed by atoms with Crippen molar-refractivity contribution in [2.24, 2.45) is 7.05 Å². The Morgan fingerprint density at radius 1 is 0.956 bits per heavy atom. The van der Waals surface area contributed by atoms with Gasteiger partial charge in [-0.1, -0.05) is 36.4 Å². The number of rotatable bonds is 7. The molecule has 2 bridgehead atoms. The zero-order valence-corrected chi connectivity index (χ0v) is 27.4. The summed E-state index contributed by atoms with van der Waals surface area (Å²) >= 11 is 3.45. The van der Waals surface area contributed by atoms with E-state index < -0.39 is 0 Å². The van der Waals surface area contributed by atoms with Gasteiger partial charge in [0.15, 0.2) is 0 Å². The lowest BCUT2D eigenvalue weighted by molar-refractivity contribution is -0.134. The van der Waals surface area contributed by atoms with Crippen molar-refractivity contribution < 1.29 is 9.59 Å². The summed E-state index contributed by atoms with van der Waals surface area (Å²) in [6.07, 6.45) is 4.90. The van der Waals surface area contributed by atoms with E-state index in [1.807, 2.05) is 12.1 Å². The van der Waals surface area contributed by atoms with E-state index in [-0.39, 0.29) is 29.3 Å². The van der Waals surface area contributed by atoms with Gasteiger partial charge in [-0.25, -0.2) is 4.68 Å². The van der Waals surface area contributed by atoms with Crippen molar-refractivity contribution in [2.75, 3.05) is 43.4 Å². The van der Waals surface area contributed by atoms with Crippen molar-refractivity contribution in [2.45, 2.75) is 62.2 Å². The number of nitrogens with zero attached hydrogens (tertiary/aromatic N) is 5. The van der Waals surface area contributed by atoms with Crippen LogP contribution in [0.25, 0.3) is 0 Å². The Morgan fingerprint density at radius 3 is 2.49 bits per heavy atom. The molecule has 3 unspecified atom stereocenters. The van der Waals surface area contributed by atoms with Crippen LogP contribution in [0.15, 0.2) is 64.0 Å². The summed E-state index contributed by atoms with van der Waals surface area (Å²) in [5, 5.41) is 10.2. The number of fused-ring (bicyclic) bond motifs is 2. The number of likely N-dealkylation sites (tertiary alicyclic amines) is 1. The van der Waals surface area contributed by atoms with Gasteiger partial charge in [0, 0.05) is 70.0 Å². The predicted octanol–water partition coefficient (Wildman–Crippen LogP) is 3.43. The minimum Gasteiger partial charge on any atom is -0.379 e. The second-order valence-electron chi connectivity index (χ2n) is 13.3. The molecule has 5 aliphatic heterocycles. The molecule has 5 saturated heterocycles. The van der Waals surface area contributed by atoms with Gasteiger partial charge in [-0.2, -0.15) is 5.10 Å². The van der Waals surface area contributed by atoms with Crippen molar-refractivity contribution in [3.63, 3.8) is 0 Å². The van der Waals surface area contributed by atoms with Crippen molar-refractivity contribution in [1.29, 1.82) is 0 Å². The first-order valence-corrected chi connectivity index (χ1v) is 16.7. The van der Waals surface area contributed by atoms with Crippen LogP contribution in [-0.2, 0) is 23.2 Å². The maximum atomic E-state index is 12.4. The number of carbonyl (C=O) groups is 2. The fourth-order valence-corrected chi connectivity index (χ4v) is 8.18. The highest BCUT2D eigenvalue weighted by molar-refractivity contribution is 9.10. The van der Waals surface area contributed by atoms with Gasteiger partial charge in [-0.15, -0.1) is 0 Å². The van der Waals surface area contributed by atoms with Crippen LogP contribution >= 0.6 is 15.9 Å². The highest BCUT2D eigenvalue weighted by Crippen LogP contribution is 2.37. The maximum Gasteiger partial charge on any atom is 0.282 e. The van der Waals surface area contributed by atoms with Gasteiger partial charge >= 0.3 is 0 Å². The predicted molar refractivity (Wildman–Crippen MR) is 177 cm³/mol. The summed E-state index contributed by atoms with van der Waals surface area (Å²) in [6, 6.07) is 18.8. The third-order valence-corrected chi connectivity index (χ3v) is 10.9. The minimum absolute atomic E-state index is 0.144. The van der Waals surface area contributed by atoms with Gasteiger partial charge in [0.2, 0.25) is 11.8 Å². The zero-order chi connectivity index (χ0) is 31.2. The second-order valence-corrected chi connectivity index (χ2v) is 14.1. The lowest BCUT2D eigenvalue weighted by Gasteiger charge is -2.57. The summed E-state index contributed by atoms with van der Waals surface area (Å²) < 4.78 is 1.86. The molecular formula is C34H40BrN7O3. The van der Waals surface area contributed by atoms with E-state index >= 15 is 0 Å². The number of piperidine rings is 3. The quantitative estimate of drug-likeness (QED) is 0.368. The molecule has 0 spiro atoms. The van der Waals surface area contributed by atoms with Crippen LogP contribution in [0.3, 0.4) is 0 Å². The third kappa shape index (κ3) is 6.17. The Bertz CT molecular complexity index is 1650. The van der Waals surface area contributed by atoms with Crippen molar-refractivity contribution in [3.05, 3.63) is 86.2 Å². The molecule has 8 rings (SSSR count). The van der Waals surface area contributed by atoms with Crippen LogP contribution in [0, 0.1) is 0 Å². The van der Waals surface area contributed by atoms with Crippen LogP contribution in [0.1, 0.15) is 54.2 Å². The molecule has 0 saturated carbocycles. The summed E-state index contributed by atoms with van der Waals surface area (Å²) in [7, 11) is 3.81. The highest BCUT2D eigenvalue weighted by atomic mass is 79.9. The molecule has 11 heteroatoms. The number of piperazine rings is 1. The van der Waals surface area contributed by atoms with Gasteiger partial charge < -0.3 is 15.1 Å². The Kier molecular flexibility index (Phi) is 8.26. The van der Waals surface area contributed by atoms with Gasteiger partial charge in [0.25, 0.3) is 5.56 Å². The van der Waals surface area contributed by atoms with Crippen molar-refractivity contribution in [1.82, 2.24) is 24.9 Å². The van der Waals surface area contributed by atoms with Crippen molar-refractivity contribution >= 4 is 39.1 Å². The van der Waals surface area contributed by atoms with Crippen LogP contribution < -0.4 is 21.1 Å². The molecule has 5 aliphatic rings. The van der Waals surface area contributed by atoms with E-state index in [1.165, 1.54) is 27.9 Å². The normalized spacial score (nSPS) is 27.2. The molecule has 1 aromatic heterocycles. The molecule has 2 aromatic carbocycles. The molecule has 236 valence electrons. The molecule has 0 aliphatic carbocycles. The SMILES string of the molecule is CN1C[C@H](Nc2cnn(C)c(=O)c2Br)C[C@H](c2ccc(CN3C4CC3CN(c3cccc(C5CCC(=O)NC5=O)c3)C4)cc2)C1. The number of aromatic nitrogens is 2. The molecule has 2 amide bonds. The smallest absolute Gasteiger partial charge is 0.282 e. The number of benzene rings is 2. The standard InChI is InChI=1S/C34H40BrN7O3/c1-39-17-24(12-25(18-39)37-30-15-36-40(2)34(45)32(30)35)22-8-6-21(7-9-22)16-42-27-14-28(42)20-41(19-27)26-5-3-4-23(13-26)29-10-11-31(43)38-33(29)44/h3-9,13,15,24-25,27-29,37H,10-12,14,16-20H2,1-2H3,(H,38,43,44)/t24-,25+,27?,28?,29?/m0/s1. The average molecular weight is 675 g/mol. The third-order valence-electron chi connectivity index (χ3n) is 10.1. The molecule has 6 heterocycles. The Morgan fingerprint density at radius 2 is 1.73 bits per heavy atom. The molecule has 10 nitrogen and oxygen atoms in total. The van der Waals surface area contributed by atoms with Gasteiger partial charge in [-0.05, 0) is 77.0 Å². The zero-order valence-electron chi connectivity index (χ0n) is 25.8. The monoisotopic (exact) mass is 673 g/mol. The number of hydrogen-bond donors (Lipinski definition) is 2. The molecule has 0 radical (unpaired) electrons. The molecular weight excluding hydrogens is 634 g/mol. The summed E-state index contributed by atoms with van der Waals surface area (Å²) in [5.74, 6) is -0.204. The summed E-state index contributed by atoms with van der Waals surface area (Å²) in [6.45, 7) is 4.83. The number of aryl methyl sites for hydroxylation is 1. The summed E-state index contributed by atoms with van der Waals surface area (Å²) in [5.41, 5.74) is 5.46. The Balaban J connectivity index is 0.956. The summed E-state index contributed by atoms with van der Waals surface area (Å²) in [4.78, 5) is 43.8. The van der Waals surface area contributed by atoms with Gasteiger partial charge in [-0.3, -0.25) is 24.6 Å². The number of halogens is 1. The molecule has 45 heavy (non-hydrogen) atoms. The van der Waals surface area contributed by atoms with Gasteiger partial charge in [0.05, 0.1) is 17.8 Å². The van der Waals surface area contributed by atoms with Crippen LogP contribution in [-0.4, -0.2) is 82.7 Å². The average Bonchev–Trinajstić information content (AvgIpc) is 3.04. The fourth-order valence-electron chi connectivity index (χ4n) is 7.71. The first-order chi connectivity index (χ1) is 21.7. The number of hydrogen-bond acceptors (Lipinski definition) is 8. The number of anilines is 2. The second kappa shape index (κ2) is 12.3. The number of carbonyl (C=O) groups excluding carboxylic acids is 2. The Hall–Kier alpha value is -3.54. The topological polar surface area (TPSA) is 103 Å². The Labute approximate surface area is 271 Å². The maximum absolute atomic E-state index is 12.4. The van der Waals surface area contributed by atoms with Crippen LogP contribution in [0.2, 0.25) is 0 Å². The largest absolute Gasteiger partial charge is 0.379 e. The van der Waals surface area contributed by atoms with Crippen LogP contribution in [0.5, 0.6) is 0 Å². The molecule has 3 aromatic rings. The minimum atomic E-state index is -0.253. The number of amides is 2. The highest BCUT2D eigenvalue weighted by Gasteiger charge is 2.44. The van der Waals surface area contributed by atoms with E-state index in [0.717, 1.165) is 50.4 Å². The lowest BCUT2D eigenvalue weighted by atomic mass is 9.85. The first kappa shape index (κ1) is 30.1. The van der Waals surface area contributed by atoms with E-state index in [4.69, 9.17) is 0 Å².